The molecule has 1 fully saturated rings. The standard InChI is InChI=1S/C20H25F2N5S/c21-17-12-16(14-24-25-20(23)28)13-18(22)19(17)27-10-8-26(9-11-27)7-6-15-4-2-1-3-5-15/h1-5,12-13,24H,6-11,14H2,(H3,23,25,28). The van der Waals surface area contributed by atoms with Gasteiger partial charge in [0.1, 0.15) is 17.3 Å². The third-order valence-electron chi connectivity index (χ3n) is 4.83. The second-order valence-corrected chi connectivity index (χ2v) is 7.25. The van der Waals surface area contributed by atoms with Crippen LogP contribution in [0.25, 0.3) is 0 Å². The molecule has 3 rings (SSSR count). The van der Waals surface area contributed by atoms with Crippen LogP contribution in [0.5, 0.6) is 0 Å². The maximum Gasteiger partial charge on any atom is 0.178 e. The molecule has 0 saturated carbocycles. The zero-order chi connectivity index (χ0) is 19.9. The molecule has 0 atom stereocenters. The van der Waals surface area contributed by atoms with Crippen LogP contribution in [0.2, 0.25) is 0 Å². The SMILES string of the molecule is NC(=S)NNCc1cc(F)c(N2CCN(CCc3ccccc3)CC2)c(F)c1. The number of hydrogen-bond donors (Lipinski definition) is 3. The summed E-state index contributed by atoms with van der Waals surface area (Å²) in [6.07, 6.45) is 0.978. The number of halogens is 2. The van der Waals surface area contributed by atoms with E-state index < -0.39 is 11.6 Å². The Morgan fingerprint density at radius 2 is 1.64 bits per heavy atom. The minimum Gasteiger partial charge on any atom is -0.375 e. The molecular formula is C20H25F2N5S. The second kappa shape index (κ2) is 9.77. The van der Waals surface area contributed by atoms with Crippen LogP contribution < -0.4 is 21.5 Å². The largest absolute Gasteiger partial charge is 0.375 e. The minimum atomic E-state index is -0.551. The molecule has 1 heterocycles. The van der Waals surface area contributed by atoms with Crippen LogP contribution in [0.4, 0.5) is 14.5 Å². The molecule has 0 unspecified atom stereocenters. The molecule has 1 aliphatic rings. The summed E-state index contributed by atoms with van der Waals surface area (Å²) in [5.41, 5.74) is 12.4. The van der Waals surface area contributed by atoms with Crippen molar-refractivity contribution in [3.63, 3.8) is 0 Å². The summed E-state index contributed by atoms with van der Waals surface area (Å²) in [4.78, 5) is 4.12. The van der Waals surface area contributed by atoms with Gasteiger partial charge in [0, 0.05) is 39.3 Å². The maximum atomic E-state index is 14.6. The van der Waals surface area contributed by atoms with Gasteiger partial charge >= 0.3 is 0 Å². The number of thiocarbonyl (C=S) groups is 1. The molecule has 4 N–H and O–H groups in total. The Hall–Kier alpha value is -2.29. The lowest BCUT2D eigenvalue weighted by atomic mass is 10.1. The predicted octanol–water partition coefficient (Wildman–Crippen LogP) is 2.17. The molecule has 1 saturated heterocycles. The lowest BCUT2D eigenvalue weighted by molar-refractivity contribution is 0.259. The summed E-state index contributed by atoms with van der Waals surface area (Å²) in [5, 5.41) is 0.0719. The van der Waals surface area contributed by atoms with Gasteiger partial charge in [-0.1, -0.05) is 30.3 Å². The van der Waals surface area contributed by atoms with Gasteiger partial charge in [0.2, 0.25) is 0 Å². The topological polar surface area (TPSA) is 56.6 Å². The van der Waals surface area contributed by atoms with Gasteiger partial charge in [-0.15, -0.1) is 0 Å². The highest BCUT2D eigenvalue weighted by molar-refractivity contribution is 7.80. The summed E-state index contributed by atoms with van der Waals surface area (Å²) < 4.78 is 29.1. The van der Waals surface area contributed by atoms with Crippen LogP contribution in [0, 0.1) is 11.6 Å². The average Bonchev–Trinajstić information content (AvgIpc) is 2.67. The van der Waals surface area contributed by atoms with Crippen LogP contribution in [0.15, 0.2) is 42.5 Å². The van der Waals surface area contributed by atoms with Crippen LogP contribution in [0.1, 0.15) is 11.1 Å². The second-order valence-electron chi connectivity index (χ2n) is 6.82. The van der Waals surface area contributed by atoms with Crippen molar-refractivity contribution in [2.75, 3.05) is 37.6 Å². The fraction of sp³-hybridized carbons (Fsp3) is 0.350. The van der Waals surface area contributed by atoms with Gasteiger partial charge in [-0.05, 0) is 41.9 Å². The van der Waals surface area contributed by atoms with Gasteiger partial charge in [0.05, 0.1) is 0 Å². The van der Waals surface area contributed by atoms with Crippen LogP contribution >= 0.6 is 12.2 Å². The van der Waals surface area contributed by atoms with Crippen molar-refractivity contribution < 1.29 is 8.78 Å². The Morgan fingerprint density at radius 1 is 1.00 bits per heavy atom. The van der Waals surface area contributed by atoms with Gasteiger partial charge in [0.15, 0.2) is 5.11 Å². The zero-order valence-corrected chi connectivity index (χ0v) is 16.4. The average molecular weight is 406 g/mol. The summed E-state index contributed by atoms with van der Waals surface area (Å²) in [6, 6.07) is 13.0. The number of anilines is 1. The molecule has 8 heteroatoms. The molecule has 150 valence electrons. The number of piperazine rings is 1. The quantitative estimate of drug-likeness (QED) is 0.485. The Kier molecular flexibility index (Phi) is 7.13. The van der Waals surface area contributed by atoms with E-state index in [-0.39, 0.29) is 17.3 Å². The zero-order valence-electron chi connectivity index (χ0n) is 15.6. The van der Waals surface area contributed by atoms with E-state index in [9.17, 15) is 8.78 Å². The lowest BCUT2D eigenvalue weighted by Gasteiger charge is -2.36. The van der Waals surface area contributed by atoms with E-state index >= 15 is 0 Å². The van der Waals surface area contributed by atoms with Crippen molar-refractivity contribution in [3.05, 3.63) is 65.2 Å². The van der Waals surface area contributed by atoms with Crippen LogP contribution in [-0.2, 0) is 13.0 Å². The van der Waals surface area contributed by atoms with E-state index in [0.717, 1.165) is 26.1 Å². The predicted molar refractivity (Wildman–Crippen MR) is 112 cm³/mol. The van der Waals surface area contributed by atoms with Crippen LogP contribution in [-0.4, -0.2) is 42.7 Å². The number of hydrazine groups is 1. The Balaban J connectivity index is 1.54. The Bertz CT molecular complexity index is 771. The number of nitrogens with two attached hydrogens (primary N) is 1. The highest BCUT2D eigenvalue weighted by atomic mass is 32.1. The summed E-state index contributed by atoms with van der Waals surface area (Å²) >= 11 is 4.67. The monoisotopic (exact) mass is 405 g/mol. The summed E-state index contributed by atoms with van der Waals surface area (Å²) in [5.74, 6) is -1.10. The lowest BCUT2D eigenvalue weighted by Crippen LogP contribution is -2.47. The maximum absolute atomic E-state index is 14.6. The fourth-order valence-corrected chi connectivity index (χ4v) is 3.45. The number of nitrogens with one attached hydrogen (secondary N) is 2. The highest BCUT2D eigenvalue weighted by Gasteiger charge is 2.23. The van der Waals surface area contributed by atoms with Crippen molar-refractivity contribution in [2.24, 2.45) is 5.73 Å². The molecule has 2 aromatic carbocycles. The molecule has 0 radical (unpaired) electrons. The van der Waals surface area contributed by atoms with Crippen molar-refractivity contribution in [1.29, 1.82) is 0 Å². The third-order valence-corrected chi connectivity index (χ3v) is 4.93. The van der Waals surface area contributed by atoms with Crippen molar-refractivity contribution >= 4 is 23.0 Å². The van der Waals surface area contributed by atoms with E-state index in [2.05, 4.69) is 40.1 Å². The van der Waals surface area contributed by atoms with Gasteiger partial charge in [-0.25, -0.2) is 14.2 Å². The normalized spacial score (nSPS) is 14.9. The smallest absolute Gasteiger partial charge is 0.178 e. The minimum absolute atomic E-state index is 0.0498. The number of nitrogens with zero attached hydrogens (tertiary/aromatic N) is 2. The first-order chi connectivity index (χ1) is 13.5. The Labute approximate surface area is 169 Å². The first-order valence-electron chi connectivity index (χ1n) is 9.30. The first kappa shape index (κ1) is 20.4. The molecule has 5 nitrogen and oxygen atoms in total. The van der Waals surface area contributed by atoms with E-state index in [0.29, 0.717) is 18.7 Å². The van der Waals surface area contributed by atoms with Crippen molar-refractivity contribution in [3.8, 4) is 0 Å². The van der Waals surface area contributed by atoms with Crippen LogP contribution in [0.3, 0.4) is 0 Å². The molecule has 0 aliphatic carbocycles. The van der Waals surface area contributed by atoms with Gasteiger partial charge in [0.25, 0.3) is 0 Å². The van der Waals surface area contributed by atoms with Gasteiger partial charge in [-0.3, -0.25) is 10.3 Å². The van der Waals surface area contributed by atoms with Gasteiger partial charge < -0.3 is 10.6 Å². The molecule has 0 amide bonds. The van der Waals surface area contributed by atoms with E-state index in [1.807, 2.05) is 18.2 Å². The molecule has 28 heavy (non-hydrogen) atoms. The molecular weight excluding hydrogens is 380 g/mol. The van der Waals surface area contributed by atoms with E-state index in [1.54, 1.807) is 4.90 Å². The first-order valence-corrected chi connectivity index (χ1v) is 9.71. The molecule has 0 spiro atoms. The number of hydrogen-bond acceptors (Lipinski definition) is 4. The molecule has 0 bridgehead atoms. The molecule has 1 aliphatic heterocycles. The highest BCUT2D eigenvalue weighted by Crippen LogP contribution is 2.26. The number of rotatable bonds is 7. The van der Waals surface area contributed by atoms with Gasteiger partial charge in [-0.2, -0.15) is 0 Å². The van der Waals surface area contributed by atoms with E-state index in [1.165, 1.54) is 17.7 Å². The fourth-order valence-electron chi connectivity index (χ4n) is 3.38. The summed E-state index contributed by atoms with van der Waals surface area (Å²) in [6.45, 7) is 3.92. The summed E-state index contributed by atoms with van der Waals surface area (Å²) in [7, 11) is 0. The molecule has 2 aromatic rings. The number of benzene rings is 2. The molecule has 0 aromatic heterocycles. The Morgan fingerprint density at radius 3 is 2.25 bits per heavy atom. The van der Waals surface area contributed by atoms with E-state index in [4.69, 9.17) is 5.73 Å². The van der Waals surface area contributed by atoms with Crippen molar-refractivity contribution in [2.45, 2.75) is 13.0 Å². The third kappa shape index (κ3) is 5.60. The van der Waals surface area contributed by atoms with Crippen molar-refractivity contribution in [1.82, 2.24) is 15.8 Å².